The SMILES string of the molecule is COc1cc(CSc2nc(CC(=O)NCCc3c[nH]c4ccccc34)cs2)cc(OC)c1. The molecular formula is C24H25N3O3S2. The highest BCUT2D eigenvalue weighted by Gasteiger charge is 2.10. The first kappa shape index (κ1) is 22.2. The van der Waals surface area contributed by atoms with Gasteiger partial charge in [-0.05, 0) is 35.7 Å². The number of amides is 1. The van der Waals surface area contributed by atoms with Gasteiger partial charge in [0, 0.05) is 40.8 Å². The first-order valence-corrected chi connectivity index (χ1v) is 12.1. The number of carbonyl (C=O) groups excluding carboxylic acids is 1. The highest BCUT2D eigenvalue weighted by atomic mass is 32.2. The summed E-state index contributed by atoms with van der Waals surface area (Å²) in [5, 5.41) is 6.16. The molecule has 0 unspecified atom stereocenters. The van der Waals surface area contributed by atoms with Crippen LogP contribution < -0.4 is 14.8 Å². The largest absolute Gasteiger partial charge is 0.497 e. The molecule has 166 valence electrons. The van der Waals surface area contributed by atoms with E-state index in [0.29, 0.717) is 6.54 Å². The number of benzene rings is 2. The molecule has 0 aliphatic heterocycles. The second kappa shape index (κ2) is 10.6. The summed E-state index contributed by atoms with van der Waals surface area (Å²) in [4.78, 5) is 20.2. The molecule has 0 fully saturated rings. The summed E-state index contributed by atoms with van der Waals surface area (Å²) >= 11 is 3.20. The number of hydrogen-bond donors (Lipinski definition) is 2. The molecular weight excluding hydrogens is 442 g/mol. The van der Waals surface area contributed by atoms with Crippen molar-refractivity contribution in [3.8, 4) is 11.5 Å². The highest BCUT2D eigenvalue weighted by molar-refractivity contribution is 8.00. The topological polar surface area (TPSA) is 76.2 Å². The molecule has 0 aliphatic rings. The van der Waals surface area contributed by atoms with Gasteiger partial charge in [0.15, 0.2) is 0 Å². The van der Waals surface area contributed by atoms with Crippen molar-refractivity contribution in [2.75, 3.05) is 20.8 Å². The number of thioether (sulfide) groups is 1. The second-order valence-corrected chi connectivity index (χ2v) is 9.33. The standard InChI is InChI=1S/C24H25N3O3S2/c1-29-19-9-16(10-20(12-19)30-2)14-31-24-27-18(15-32-24)11-23(28)25-8-7-17-13-26-22-6-4-3-5-21(17)22/h3-6,9-10,12-13,15,26H,7-8,11,14H2,1-2H3,(H,25,28). The average molecular weight is 468 g/mol. The minimum Gasteiger partial charge on any atom is -0.497 e. The Morgan fingerprint density at radius 3 is 2.72 bits per heavy atom. The Morgan fingerprint density at radius 2 is 1.94 bits per heavy atom. The molecule has 1 amide bonds. The van der Waals surface area contributed by atoms with Crippen LogP contribution in [0, 0.1) is 0 Å². The third-order valence-corrected chi connectivity index (χ3v) is 7.18. The van der Waals surface area contributed by atoms with Crippen molar-refractivity contribution < 1.29 is 14.3 Å². The summed E-state index contributed by atoms with van der Waals surface area (Å²) in [6.07, 6.45) is 3.09. The number of nitrogens with zero attached hydrogens (tertiary/aromatic N) is 1. The summed E-state index contributed by atoms with van der Waals surface area (Å²) in [5.74, 6) is 2.27. The van der Waals surface area contributed by atoms with Crippen molar-refractivity contribution in [2.45, 2.75) is 22.9 Å². The third-order valence-electron chi connectivity index (χ3n) is 5.04. The Morgan fingerprint density at radius 1 is 1.16 bits per heavy atom. The van der Waals surface area contributed by atoms with Crippen LogP contribution in [0.5, 0.6) is 11.5 Å². The highest BCUT2D eigenvalue weighted by Crippen LogP contribution is 2.30. The van der Waals surface area contributed by atoms with Crippen LogP contribution in [0.3, 0.4) is 0 Å². The number of carbonyl (C=O) groups is 1. The Balaban J connectivity index is 1.25. The predicted molar refractivity (Wildman–Crippen MR) is 130 cm³/mol. The van der Waals surface area contributed by atoms with Crippen LogP contribution >= 0.6 is 23.1 Å². The van der Waals surface area contributed by atoms with Gasteiger partial charge in [0.05, 0.1) is 26.3 Å². The minimum absolute atomic E-state index is 0.00998. The molecule has 0 atom stereocenters. The van der Waals surface area contributed by atoms with Crippen LogP contribution in [-0.4, -0.2) is 36.6 Å². The van der Waals surface area contributed by atoms with Gasteiger partial charge in [-0.25, -0.2) is 4.98 Å². The van der Waals surface area contributed by atoms with E-state index in [-0.39, 0.29) is 12.3 Å². The monoisotopic (exact) mass is 467 g/mol. The van der Waals surface area contributed by atoms with Crippen molar-refractivity contribution in [3.63, 3.8) is 0 Å². The quantitative estimate of drug-likeness (QED) is 0.327. The van der Waals surface area contributed by atoms with E-state index in [1.807, 2.05) is 41.9 Å². The van der Waals surface area contributed by atoms with Gasteiger partial charge in [0.1, 0.15) is 15.8 Å². The van der Waals surface area contributed by atoms with Crippen LogP contribution in [0.4, 0.5) is 0 Å². The lowest BCUT2D eigenvalue weighted by Gasteiger charge is -2.07. The molecule has 0 saturated heterocycles. The molecule has 4 aromatic rings. The van der Waals surface area contributed by atoms with Gasteiger partial charge in [0.2, 0.25) is 5.91 Å². The Bertz CT molecular complexity index is 1180. The number of hydrogen-bond acceptors (Lipinski definition) is 6. The van der Waals surface area contributed by atoms with Gasteiger partial charge < -0.3 is 19.8 Å². The first-order chi connectivity index (χ1) is 15.6. The number of fused-ring (bicyclic) bond motifs is 1. The van der Waals surface area contributed by atoms with Crippen molar-refractivity contribution in [3.05, 3.63) is 70.9 Å². The van der Waals surface area contributed by atoms with E-state index in [9.17, 15) is 4.79 Å². The molecule has 0 radical (unpaired) electrons. The van der Waals surface area contributed by atoms with Crippen molar-refractivity contribution >= 4 is 39.9 Å². The second-order valence-electron chi connectivity index (χ2n) is 7.25. The van der Waals surface area contributed by atoms with Crippen LogP contribution in [0.15, 0.2) is 58.4 Å². The number of H-pyrrole nitrogens is 1. The third kappa shape index (κ3) is 5.63. The van der Waals surface area contributed by atoms with Crippen LogP contribution in [0.25, 0.3) is 10.9 Å². The molecule has 2 aromatic heterocycles. The van der Waals surface area contributed by atoms with Crippen molar-refractivity contribution in [1.29, 1.82) is 0 Å². The van der Waals surface area contributed by atoms with E-state index in [0.717, 1.165) is 44.8 Å². The van der Waals surface area contributed by atoms with Crippen molar-refractivity contribution in [2.24, 2.45) is 0 Å². The maximum absolute atomic E-state index is 12.3. The molecule has 32 heavy (non-hydrogen) atoms. The van der Waals surface area contributed by atoms with E-state index in [4.69, 9.17) is 9.47 Å². The average Bonchev–Trinajstić information content (AvgIpc) is 3.44. The van der Waals surface area contributed by atoms with E-state index in [2.05, 4.69) is 27.4 Å². The Kier molecular flexibility index (Phi) is 7.34. The Hall–Kier alpha value is -2.97. The number of methoxy groups -OCH3 is 2. The first-order valence-electron chi connectivity index (χ1n) is 10.3. The molecule has 0 aliphatic carbocycles. The molecule has 8 heteroatoms. The molecule has 4 rings (SSSR count). The van der Waals surface area contributed by atoms with Gasteiger partial charge in [-0.3, -0.25) is 4.79 Å². The van der Waals surface area contributed by atoms with Crippen molar-refractivity contribution in [1.82, 2.24) is 15.3 Å². The Labute approximate surface area is 195 Å². The summed E-state index contributed by atoms with van der Waals surface area (Å²) in [6.45, 7) is 0.601. The number of aromatic amines is 1. The van der Waals surface area contributed by atoms with E-state index < -0.39 is 0 Å². The molecule has 2 N–H and O–H groups in total. The smallest absolute Gasteiger partial charge is 0.226 e. The normalized spacial score (nSPS) is 10.9. The zero-order valence-electron chi connectivity index (χ0n) is 18.0. The molecule has 2 heterocycles. The maximum atomic E-state index is 12.3. The summed E-state index contributed by atoms with van der Waals surface area (Å²) < 4.78 is 11.6. The number of para-hydroxylation sites is 1. The fraction of sp³-hybridized carbons (Fsp3) is 0.250. The van der Waals surface area contributed by atoms with E-state index in [1.165, 1.54) is 10.9 Å². The van der Waals surface area contributed by atoms with Gasteiger partial charge >= 0.3 is 0 Å². The number of nitrogens with one attached hydrogen (secondary N) is 2. The van der Waals surface area contributed by atoms with Gasteiger partial charge in [-0.15, -0.1) is 11.3 Å². The predicted octanol–water partition coefficient (Wildman–Crippen LogP) is 4.84. The van der Waals surface area contributed by atoms with E-state index in [1.54, 1.807) is 37.3 Å². The summed E-state index contributed by atoms with van der Waals surface area (Å²) in [7, 11) is 3.29. The maximum Gasteiger partial charge on any atom is 0.226 e. The lowest BCUT2D eigenvalue weighted by atomic mass is 10.1. The molecule has 0 bridgehead atoms. The summed E-state index contributed by atoms with van der Waals surface area (Å²) in [6, 6.07) is 14.0. The molecule has 0 spiro atoms. The van der Waals surface area contributed by atoms with Crippen LogP contribution in [0.2, 0.25) is 0 Å². The molecule has 2 aromatic carbocycles. The van der Waals surface area contributed by atoms with Gasteiger partial charge in [-0.1, -0.05) is 30.0 Å². The lowest BCUT2D eigenvalue weighted by Crippen LogP contribution is -2.27. The fourth-order valence-electron chi connectivity index (χ4n) is 3.43. The van der Waals surface area contributed by atoms with Crippen LogP contribution in [-0.2, 0) is 23.4 Å². The molecule has 0 saturated carbocycles. The van der Waals surface area contributed by atoms with Crippen LogP contribution in [0.1, 0.15) is 16.8 Å². The number of aromatic nitrogens is 2. The zero-order valence-corrected chi connectivity index (χ0v) is 19.6. The van der Waals surface area contributed by atoms with Gasteiger partial charge in [0.25, 0.3) is 0 Å². The lowest BCUT2D eigenvalue weighted by molar-refractivity contribution is -0.120. The number of rotatable bonds is 10. The summed E-state index contributed by atoms with van der Waals surface area (Å²) in [5.41, 5.74) is 4.22. The van der Waals surface area contributed by atoms with Gasteiger partial charge in [-0.2, -0.15) is 0 Å². The number of ether oxygens (including phenoxy) is 2. The minimum atomic E-state index is -0.00998. The zero-order chi connectivity index (χ0) is 22.3. The fourth-order valence-corrected chi connectivity index (χ4v) is 5.21. The van der Waals surface area contributed by atoms with E-state index >= 15 is 0 Å². The molecule has 6 nitrogen and oxygen atoms in total. The number of thiazole rings is 1.